The lowest BCUT2D eigenvalue weighted by atomic mass is 10.0. The number of hydrogen-bond acceptors (Lipinski definition) is 4. The molecule has 24 heavy (non-hydrogen) atoms. The summed E-state index contributed by atoms with van der Waals surface area (Å²) in [6.07, 6.45) is 3.18. The van der Waals surface area contributed by atoms with Crippen LogP contribution in [0.3, 0.4) is 0 Å². The van der Waals surface area contributed by atoms with Crippen LogP contribution >= 0.6 is 0 Å². The van der Waals surface area contributed by atoms with Gasteiger partial charge >= 0.3 is 0 Å². The van der Waals surface area contributed by atoms with Gasteiger partial charge in [-0.3, -0.25) is 14.7 Å². The van der Waals surface area contributed by atoms with E-state index in [1.54, 1.807) is 47.6 Å². The Hall–Kier alpha value is -2.78. The zero-order chi connectivity index (χ0) is 16.9. The summed E-state index contributed by atoms with van der Waals surface area (Å²) < 4.78 is 14.0. The smallest absolute Gasteiger partial charge is 0.254 e. The number of nitriles is 1. The number of halogens is 1. The molecule has 2 aromatic rings. The van der Waals surface area contributed by atoms with Crippen LogP contribution in [0, 0.1) is 17.1 Å². The van der Waals surface area contributed by atoms with E-state index in [-0.39, 0.29) is 11.7 Å². The van der Waals surface area contributed by atoms with Crippen molar-refractivity contribution in [3.63, 3.8) is 0 Å². The lowest BCUT2D eigenvalue weighted by Crippen LogP contribution is -2.49. The SMILES string of the molecule is N#CC(c1ccccc1F)N1CCN(C(=O)c2ccncc2)CC1. The number of pyridine rings is 1. The first kappa shape index (κ1) is 16.1. The van der Waals surface area contributed by atoms with Gasteiger partial charge in [-0.25, -0.2) is 4.39 Å². The molecule has 1 aromatic carbocycles. The molecule has 1 aliphatic heterocycles. The lowest BCUT2D eigenvalue weighted by Gasteiger charge is -2.37. The van der Waals surface area contributed by atoms with Crippen LogP contribution in [0.2, 0.25) is 0 Å². The third-order valence-corrected chi connectivity index (χ3v) is 4.22. The normalized spacial score (nSPS) is 16.4. The maximum atomic E-state index is 14.0. The van der Waals surface area contributed by atoms with E-state index in [4.69, 9.17) is 0 Å². The van der Waals surface area contributed by atoms with E-state index in [9.17, 15) is 14.4 Å². The maximum absolute atomic E-state index is 14.0. The second-order valence-corrected chi connectivity index (χ2v) is 5.62. The average Bonchev–Trinajstić information content (AvgIpc) is 2.64. The van der Waals surface area contributed by atoms with Crippen molar-refractivity contribution < 1.29 is 9.18 Å². The van der Waals surface area contributed by atoms with Crippen LogP contribution in [0.25, 0.3) is 0 Å². The summed E-state index contributed by atoms with van der Waals surface area (Å²) in [5, 5.41) is 9.46. The molecule has 1 fully saturated rings. The lowest BCUT2D eigenvalue weighted by molar-refractivity contribution is 0.0604. The van der Waals surface area contributed by atoms with Gasteiger partial charge in [0.2, 0.25) is 0 Å². The molecule has 0 saturated carbocycles. The molecule has 1 unspecified atom stereocenters. The van der Waals surface area contributed by atoms with E-state index in [0.29, 0.717) is 37.3 Å². The molecule has 1 amide bonds. The van der Waals surface area contributed by atoms with E-state index in [1.807, 2.05) is 4.90 Å². The van der Waals surface area contributed by atoms with Crippen LogP contribution in [0.4, 0.5) is 4.39 Å². The summed E-state index contributed by atoms with van der Waals surface area (Å²) in [5.74, 6) is -0.421. The number of carbonyl (C=O) groups excluding carboxylic acids is 1. The highest BCUT2D eigenvalue weighted by molar-refractivity contribution is 5.94. The molecule has 1 aromatic heterocycles. The van der Waals surface area contributed by atoms with Crippen molar-refractivity contribution in [3.8, 4) is 6.07 Å². The highest BCUT2D eigenvalue weighted by atomic mass is 19.1. The third-order valence-electron chi connectivity index (χ3n) is 4.22. The molecule has 1 atom stereocenters. The van der Waals surface area contributed by atoms with Gasteiger partial charge in [-0.1, -0.05) is 18.2 Å². The van der Waals surface area contributed by atoms with Crippen LogP contribution in [-0.4, -0.2) is 46.9 Å². The molecule has 122 valence electrons. The average molecular weight is 324 g/mol. The van der Waals surface area contributed by atoms with E-state index in [0.717, 1.165) is 0 Å². The van der Waals surface area contributed by atoms with Gasteiger partial charge < -0.3 is 4.90 Å². The molecule has 6 heteroatoms. The van der Waals surface area contributed by atoms with Gasteiger partial charge in [0.05, 0.1) is 6.07 Å². The number of benzene rings is 1. The van der Waals surface area contributed by atoms with E-state index >= 15 is 0 Å². The van der Waals surface area contributed by atoms with Crippen LogP contribution in [0.15, 0.2) is 48.8 Å². The van der Waals surface area contributed by atoms with Crippen molar-refractivity contribution in [3.05, 3.63) is 65.7 Å². The van der Waals surface area contributed by atoms with E-state index in [1.165, 1.54) is 6.07 Å². The second kappa shape index (κ2) is 7.20. The fourth-order valence-corrected chi connectivity index (χ4v) is 2.91. The quantitative estimate of drug-likeness (QED) is 0.869. The third kappa shape index (κ3) is 3.26. The van der Waals surface area contributed by atoms with Crippen molar-refractivity contribution in [1.29, 1.82) is 5.26 Å². The molecule has 0 bridgehead atoms. The minimum Gasteiger partial charge on any atom is -0.336 e. The molecule has 3 rings (SSSR count). The van der Waals surface area contributed by atoms with E-state index < -0.39 is 6.04 Å². The van der Waals surface area contributed by atoms with Gasteiger partial charge in [0.15, 0.2) is 0 Å². The number of amides is 1. The van der Waals surface area contributed by atoms with Crippen molar-refractivity contribution in [2.24, 2.45) is 0 Å². The van der Waals surface area contributed by atoms with Crippen molar-refractivity contribution in [2.75, 3.05) is 26.2 Å². The van der Waals surface area contributed by atoms with Gasteiger partial charge in [-0.05, 0) is 18.2 Å². The first-order valence-corrected chi connectivity index (χ1v) is 7.78. The Morgan fingerprint density at radius 1 is 1.12 bits per heavy atom. The number of carbonyl (C=O) groups is 1. The summed E-state index contributed by atoms with van der Waals surface area (Å²) in [4.78, 5) is 20.0. The van der Waals surface area contributed by atoms with Crippen molar-refractivity contribution in [1.82, 2.24) is 14.8 Å². The number of piperazine rings is 1. The zero-order valence-electron chi connectivity index (χ0n) is 13.1. The first-order valence-electron chi connectivity index (χ1n) is 7.78. The second-order valence-electron chi connectivity index (χ2n) is 5.62. The summed E-state index contributed by atoms with van der Waals surface area (Å²) in [6, 6.07) is 11.3. The molecule has 0 radical (unpaired) electrons. The minimum absolute atomic E-state index is 0.0450. The Morgan fingerprint density at radius 3 is 2.42 bits per heavy atom. The standard InChI is InChI=1S/C18H17FN4O/c19-16-4-2-1-3-15(16)17(13-20)22-9-11-23(12-10-22)18(24)14-5-7-21-8-6-14/h1-8,17H,9-12H2. The molecule has 1 aliphatic rings. The highest BCUT2D eigenvalue weighted by Gasteiger charge is 2.28. The summed E-state index contributed by atoms with van der Waals surface area (Å²) in [6.45, 7) is 2.08. The monoisotopic (exact) mass is 324 g/mol. The molecule has 0 aliphatic carbocycles. The number of rotatable bonds is 3. The highest BCUT2D eigenvalue weighted by Crippen LogP contribution is 2.24. The Bertz CT molecular complexity index is 751. The predicted molar refractivity (Wildman–Crippen MR) is 86.5 cm³/mol. The molecule has 5 nitrogen and oxygen atoms in total. The van der Waals surface area contributed by atoms with Crippen molar-refractivity contribution >= 4 is 5.91 Å². The molecular weight excluding hydrogens is 307 g/mol. The van der Waals surface area contributed by atoms with Gasteiger partial charge in [0, 0.05) is 49.7 Å². The molecule has 2 heterocycles. The first-order chi connectivity index (χ1) is 11.7. The van der Waals surface area contributed by atoms with E-state index in [2.05, 4.69) is 11.1 Å². The Morgan fingerprint density at radius 2 is 1.79 bits per heavy atom. The molecular formula is C18H17FN4O. The van der Waals surface area contributed by atoms with Crippen molar-refractivity contribution in [2.45, 2.75) is 6.04 Å². The number of nitrogens with zero attached hydrogens (tertiary/aromatic N) is 4. The van der Waals surface area contributed by atoms with Crippen LogP contribution in [0.1, 0.15) is 22.0 Å². The van der Waals surface area contributed by atoms with Gasteiger partial charge in [0.1, 0.15) is 11.9 Å². The minimum atomic E-state index is -0.635. The Balaban J connectivity index is 1.67. The topological polar surface area (TPSA) is 60.2 Å². The molecule has 1 saturated heterocycles. The zero-order valence-corrected chi connectivity index (χ0v) is 13.1. The largest absolute Gasteiger partial charge is 0.336 e. The van der Waals surface area contributed by atoms with Crippen LogP contribution < -0.4 is 0 Å². The Labute approximate surface area is 139 Å². The van der Waals surface area contributed by atoms with Crippen LogP contribution in [-0.2, 0) is 0 Å². The summed E-state index contributed by atoms with van der Waals surface area (Å²) >= 11 is 0. The van der Waals surface area contributed by atoms with Gasteiger partial charge in [-0.15, -0.1) is 0 Å². The predicted octanol–water partition coefficient (Wildman–Crippen LogP) is 2.24. The number of hydrogen-bond donors (Lipinski definition) is 0. The maximum Gasteiger partial charge on any atom is 0.254 e. The summed E-state index contributed by atoms with van der Waals surface area (Å²) in [7, 11) is 0. The molecule has 0 N–H and O–H groups in total. The van der Waals surface area contributed by atoms with Crippen LogP contribution in [0.5, 0.6) is 0 Å². The fourth-order valence-electron chi connectivity index (χ4n) is 2.91. The van der Waals surface area contributed by atoms with Gasteiger partial charge in [-0.2, -0.15) is 5.26 Å². The Kier molecular flexibility index (Phi) is 4.82. The number of aromatic nitrogens is 1. The van der Waals surface area contributed by atoms with Gasteiger partial charge in [0.25, 0.3) is 5.91 Å². The fraction of sp³-hybridized carbons (Fsp3) is 0.278. The molecule has 0 spiro atoms. The summed E-state index contributed by atoms with van der Waals surface area (Å²) in [5.41, 5.74) is 0.985.